The number of hydrogen-bond acceptors (Lipinski definition) is 5. The summed E-state index contributed by atoms with van der Waals surface area (Å²) in [5.74, 6) is 2.05. The lowest BCUT2D eigenvalue weighted by atomic mass is 9.99. The Balaban J connectivity index is 0.00000338. The summed E-state index contributed by atoms with van der Waals surface area (Å²) in [6.45, 7) is 8.02. The van der Waals surface area contributed by atoms with Crippen molar-refractivity contribution in [1.29, 1.82) is 0 Å². The van der Waals surface area contributed by atoms with Crippen molar-refractivity contribution in [1.82, 2.24) is 15.8 Å². The number of ether oxygens (including phenoxy) is 2. The van der Waals surface area contributed by atoms with E-state index in [2.05, 4.69) is 34.6 Å². The van der Waals surface area contributed by atoms with Crippen LogP contribution in [-0.2, 0) is 16.0 Å². The van der Waals surface area contributed by atoms with Gasteiger partial charge in [-0.1, -0.05) is 19.0 Å². The quantitative estimate of drug-likeness (QED) is 0.232. The first-order valence-electron chi connectivity index (χ1n) is 9.36. The highest BCUT2D eigenvalue weighted by molar-refractivity contribution is 14.0. The Labute approximate surface area is 173 Å². The molecule has 0 saturated carbocycles. The fourth-order valence-electron chi connectivity index (χ4n) is 2.88. The molecule has 1 unspecified atom stereocenters. The first-order chi connectivity index (χ1) is 12.3. The molecule has 0 radical (unpaired) electrons. The molecule has 8 heteroatoms. The Morgan fingerprint density at radius 2 is 2.19 bits per heavy atom. The first-order valence-corrected chi connectivity index (χ1v) is 9.36. The minimum atomic E-state index is 0. The molecule has 0 spiro atoms. The normalized spacial score (nSPS) is 17.4. The van der Waals surface area contributed by atoms with Crippen LogP contribution >= 0.6 is 24.0 Å². The molecule has 2 rings (SSSR count). The third kappa shape index (κ3) is 7.79. The molecule has 26 heavy (non-hydrogen) atoms. The number of aliphatic imine (C=N–C) groups is 1. The van der Waals surface area contributed by atoms with Crippen LogP contribution in [0.1, 0.15) is 56.9 Å². The maximum atomic E-state index is 5.75. The molecule has 1 aliphatic heterocycles. The predicted molar refractivity (Wildman–Crippen MR) is 113 cm³/mol. The number of nitrogens with zero attached hydrogens (tertiary/aromatic N) is 2. The van der Waals surface area contributed by atoms with Crippen molar-refractivity contribution in [3.8, 4) is 0 Å². The van der Waals surface area contributed by atoms with Crippen LogP contribution in [0, 0.1) is 0 Å². The topological polar surface area (TPSA) is 80.9 Å². The van der Waals surface area contributed by atoms with Crippen LogP contribution in [0.5, 0.6) is 0 Å². The van der Waals surface area contributed by atoms with Gasteiger partial charge in [-0.15, -0.1) is 24.0 Å². The minimum absolute atomic E-state index is 0. The van der Waals surface area contributed by atoms with E-state index in [1.54, 1.807) is 7.05 Å². The summed E-state index contributed by atoms with van der Waals surface area (Å²) < 4.78 is 16.5. The van der Waals surface area contributed by atoms with E-state index in [-0.39, 0.29) is 30.1 Å². The molecule has 150 valence electrons. The van der Waals surface area contributed by atoms with Gasteiger partial charge in [-0.05, 0) is 25.7 Å². The van der Waals surface area contributed by atoms with Crippen LogP contribution < -0.4 is 10.6 Å². The zero-order valence-corrected chi connectivity index (χ0v) is 18.5. The third-order valence-electron chi connectivity index (χ3n) is 4.49. The van der Waals surface area contributed by atoms with Gasteiger partial charge in [0.05, 0.1) is 24.9 Å². The number of aromatic nitrogens is 1. The maximum Gasteiger partial charge on any atom is 0.191 e. The van der Waals surface area contributed by atoms with Gasteiger partial charge < -0.3 is 24.6 Å². The second kappa shape index (κ2) is 13.3. The lowest BCUT2D eigenvalue weighted by molar-refractivity contribution is 0.0420. The molecule has 0 amide bonds. The van der Waals surface area contributed by atoms with Crippen molar-refractivity contribution in [2.45, 2.75) is 58.1 Å². The van der Waals surface area contributed by atoms with Crippen LogP contribution in [0.15, 0.2) is 15.6 Å². The van der Waals surface area contributed by atoms with Gasteiger partial charge in [0.1, 0.15) is 0 Å². The summed E-state index contributed by atoms with van der Waals surface area (Å²) in [7, 11) is 1.76. The van der Waals surface area contributed by atoms with E-state index in [0.717, 1.165) is 69.5 Å². The molecule has 0 aromatic carbocycles. The van der Waals surface area contributed by atoms with E-state index in [9.17, 15) is 0 Å². The summed E-state index contributed by atoms with van der Waals surface area (Å²) >= 11 is 0. The SMILES string of the molecule is CCC(CC)c1cc(CNC(=NC)NCCCOC2CCOC2)on1.I. The Bertz CT molecular complexity index is 514. The van der Waals surface area contributed by atoms with E-state index in [0.29, 0.717) is 12.5 Å². The Morgan fingerprint density at radius 1 is 1.38 bits per heavy atom. The van der Waals surface area contributed by atoms with Crippen LogP contribution in [0.4, 0.5) is 0 Å². The van der Waals surface area contributed by atoms with E-state index >= 15 is 0 Å². The predicted octanol–water partition coefficient (Wildman–Crippen LogP) is 3.06. The zero-order valence-electron chi connectivity index (χ0n) is 16.1. The smallest absolute Gasteiger partial charge is 0.191 e. The molecule has 2 N–H and O–H groups in total. The first kappa shape index (κ1) is 23.2. The largest absolute Gasteiger partial charge is 0.379 e. The van der Waals surface area contributed by atoms with E-state index in [4.69, 9.17) is 14.0 Å². The van der Waals surface area contributed by atoms with Gasteiger partial charge in [0.25, 0.3) is 0 Å². The lowest BCUT2D eigenvalue weighted by Crippen LogP contribution is -2.37. The number of nitrogens with one attached hydrogen (secondary N) is 2. The van der Waals surface area contributed by atoms with E-state index in [1.807, 2.05) is 6.07 Å². The average Bonchev–Trinajstić information content (AvgIpc) is 3.30. The summed E-state index contributed by atoms with van der Waals surface area (Å²) in [5, 5.41) is 10.7. The standard InChI is InChI=1S/C18H32N4O3.HI/c1-4-14(5-2)17-11-16(25-22-17)12-21-18(19-3)20-8-6-9-24-15-7-10-23-13-15;/h11,14-15H,4-10,12-13H2,1-3H3,(H2,19,20,21);1H. The summed E-state index contributed by atoms with van der Waals surface area (Å²) in [4.78, 5) is 4.22. The molecule has 1 aromatic rings. The van der Waals surface area contributed by atoms with Gasteiger partial charge >= 0.3 is 0 Å². The fraction of sp³-hybridized carbons (Fsp3) is 0.778. The molecule has 1 aromatic heterocycles. The van der Waals surface area contributed by atoms with Gasteiger partial charge in [0, 0.05) is 38.8 Å². The van der Waals surface area contributed by atoms with Crippen molar-refractivity contribution in [3.63, 3.8) is 0 Å². The molecule has 1 saturated heterocycles. The third-order valence-corrected chi connectivity index (χ3v) is 4.49. The zero-order chi connectivity index (χ0) is 17.9. The van der Waals surface area contributed by atoms with Crippen LogP contribution in [0.25, 0.3) is 0 Å². The van der Waals surface area contributed by atoms with E-state index < -0.39 is 0 Å². The molecular weight excluding hydrogens is 447 g/mol. The van der Waals surface area contributed by atoms with Crippen LogP contribution in [0.3, 0.4) is 0 Å². The lowest BCUT2D eigenvalue weighted by Gasteiger charge is -2.12. The second-order valence-corrected chi connectivity index (χ2v) is 6.29. The van der Waals surface area contributed by atoms with Crippen molar-refractivity contribution in [3.05, 3.63) is 17.5 Å². The highest BCUT2D eigenvalue weighted by atomic mass is 127. The van der Waals surface area contributed by atoms with Gasteiger partial charge in [-0.25, -0.2) is 0 Å². The van der Waals surface area contributed by atoms with Crippen LogP contribution in [-0.4, -0.2) is 50.6 Å². The Morgan fingerprint density at radius 3 is 2.85 bits per heavy atom. The highest BCUT2D eigenvalue weighted by Crippen LogP contribution is 2.22. The molecule has 0 aliphatic carbocycles. The van der Waals surface area contributed by atoms with Crippen LogP contribution in [0.2, 0.25) is 0 Å². The van der Waals surface area contributed by atoms with E-state index in [1.165, 1.54) is 0 Å². The van der Waals surface area contributed by atoms with Crippen molar-refractivity contribution >= 4 is 29.9 Å². The molecular formula is C18H33IN4O3. The Kier molecular flexibility index (Phi) is 11.9. The average molecular weight is 480 g/mol. The summed E-state index contributed by atoms with van der Waals surface area (Å²) in [6.07, 6.45) is 4.36. The van der Waals surface area contributed by atoms with Gasteiger partial charge in [0.15, 0.2) is 11.7 Å². The monoisotopic (exact) mass is 480 g/mol. The summed E-state index contributed by atoms with van der Waals surface area (Å²) in [5.41, 5.74) is 1.04. The maximum absolute atomic E-state index is 5.75. The number of hydrogen-bond donors (Lipinski definition) is 2. The fourth-order valence-corrected chi connectivity index (χ4v) is 2.88. The molecule has 1 aliphatic rings. The molecule has 1 atom stereocenters. The van der Waals surface area contributed by atoms with Gasteiger partial charge in [-0.3, -0.25) is 4.99 Å². The molecule has 1 fully saturated rings. The highest BCUT2D eigenvalue weighted by Gasteiger charge is 2.15. The van der Waals surface area contributed by atoms with Crippen molar-refractivity contribution in [2.75, 3.05) is 33.4 Å². The van der Waals surface area contributed by atoms with Crippen molar-refractivity contribution < 1.29 is 14.0 Å². The summed E-state index contributed by atoms with van der Waals surface area (Å²) in [6, 6.07) is 2.04. The molecule has 0 bridgehead atoms. The molecule has 7 nitrogen and oxygen atoms in total. The Hall–Kier alpha value is -0.870. The molecule has 2 heterocycles. The minimum Gasteiger partial charge on any atom is -0.379 e. The second-order valence-electron chi connectivity index (χ2n) is 6.29. The van der Waals surface area contributed by atoms with Gasteiger partial charge in [-0.2, -0.15) is 0 Å². The number of rotatable bonds is 10. The number of guanidine groups is 1. The van der Waals surface area contributed by atoms with Gasteiger partial charge in [0.2, 0.25) is 0 Å². The number of halogens is 1. The van der Waals surface area contributed by atoms with Crippen molar-refractivity contribution in [2.24, 2.45) is 4.99 Å².